The van der Waals surface area contributed by atoms with Crippen molar-refractivity contribution in [2.45, 2.75) is 44.9 Å². The number of halogens is 3. The normalized spacial score (nSPS) is 12.6. The Kier molecular flexibility index (Phi) is 5.78. The van der Waals surface area contributed by atoms with Gasteiger partial charge in [-0.15, -0.1) is 0 Å². The SMILES string of the molecule is COC(C)(C)C(=O)NCCCCC(F)(F)F. The summed E-state index contributed by atoms with van der Waals surface area (Å²) >= 11 is 0. The van der Waals surface area contributed by atoms with Crippen LogP contribution in [0.3, 0.4) is 0 Å². The van der Waals surface area contributed by atoms with E-state index < -0.39 is 18.2 Å². The Labute approximate surface area is 93.3 Å². The van der Waals surface area contributed by atoms with Gasteiger partial charge in [0.1, 0.15) is 5.60 Å². The van der Waals surface area contributed by atoms with E-state index in [2.05, 4.69) is 5.32 Å². The number of hydrogen-bond donors (Lipinski definition) is 1. The maximum Gasteiger partial charge on any atom is 0.389 e. The van der Waals surface area contributed by atoms with Gasteiger partial charge in [-0.2, -0.15) is 13.2 Å². The highest BCUT2D eigenvalue weighted by atomic mass is 19.4. The van der Waals surface area contributed by atoms with E-state index in [9.17, 15) is 18.0 Å². The van der Waals surface area contributed by atoms with Gasteiger partial charge in [0.15, 0.2) is 0 Å². The average Bonchev–Trinajstić information content (AvgIpc) is 2.15. The fraction of sp³-hybridized carbons (Fsp3) is 0.900. The zero-order valence-electron chi connectivity index (χ0n) is 9.78. The highest BCUT2D eigenvalue weighted by Gasteiger charge is 2.27. The maximum atomic E-state index is 11.8. The molecule has 0 spiro atoms. The molecule has 1 N–H and O–H groups in total. The van der Waals surface area contributed by atoms with E-state index in [0.717, 1.165) is 0 Å². The minimum Gasteiger partial charge on any atom is -0.369 e. The summed E-state index contributed by atoms with van der Waals surface area (Å²) in [6.07, 6.45) is -4.59. The molecule has 0 saturated heterocycles. The zero-order chi connectivity index (χ0) is 12.8. The van der Waals surface area contributed by atoms with Crippen molar-refractivity contribution < 1.29 is 22.7 Å². The fourth-order valence-electron chi connectivity index (χ4n) is 0.958. The van der Waals surface area contributed by atoms with Crippen LogP contribution in [0.5, 0.6) is 0 Å². The minimum absolute atomic E-state index is 0.0250. The van der Waals surface area contributed by atoms with Crippen molar-refractivity contribution >= 4 is 5.91 Å². The van der Waals surface area contributed by atoms with Gasteiger partial charge in [-0.1, -0.05) is 0 Å². The summed E-state index contributed by atoms with van der Waals surface area (Å²) in [6.45, 7) is 3.43. The van der Waals surface area contributed by atoms with Gasteiger partial charge in [0.25, 0.3) is 5.91 Å². The van der Waals surface area contributed by atoms with Crippen LogP contribution in [0.1, 0.15) is 33.1 Å². The lowest BCUT2D eigenvalue weighted by Gasteiger charge is -2.21. The Morgan fingerprint density at radius 2 is 1.81 bits per heavy atom. The van der Waals surface area contributed by atoms with Gasteiger partial charge in [-0.3, -0.25) is 4.79 Å². The number of methoxy groups -OCH3 is 1. The number of nitrogens with one attached hydrogen (secondary N) is 1. The number of amides is 1. The smallest absolute Gasteiger partial charge is 0.369 e. The summed E-state index contributed by atoms with van der Waals surface area (Å²) in [4.78, 5) is 11.4. The van der Waals surface area contributed by atoms with Crippen molar-refractivity contribution in [3.8, 4) is 0 Å². The molecule has 96 valence electrons. The van der Waals surface area contributed by atoms with Crippen molar-refractivity contribution in [1.82, 2.24) is 5.32 Å². The van der Waals surface area contributed by atoms with Crippen molar-refractivity contribution in [2.75, 3.05) is 13.7 Å². The molecule has 0 rings (SSSR count). The first-order chi connectivity index (χ1) is 7.19. The molecule has 16 heavy (non-hydrogen) atoms. The van der Waals surface area contributed by atoms with Crippen molar-refractivity contribution in [3.63, 3.8) is 0 Å². The molecule has 0 aromatic carbocycles. The van der Waals surface area contributed by atoms with Gasteiger partial charge in [0.05, 0.1) is 0 Å². The number of carbonyl (C=O) groups excluding carboxylic acids is 1. The molecule has 0 aliphatic rings. The molecule has 0 aromatic rings. The summed E-state index contributed by atoms with van der Waals surface area (Å²) in [5.74, 6) is -0.318. The third-order valence-electron chi connectivity index (χ3n) is 2.23. The molecule has 0 bridgehead atoms. The lowest BCUT2D eigenvalue weighted by atomic mass is 10.1. The van der Waals surface area contributed by atoms with E-state index in [-0.39, 0.29) is 18.9 Å². The highest BCUT2D eigenvalue weighted by molar-refractivity contribution is 5.84. The average molecular weight is 241 g/mol. The molecule has 0 atom stereocenters. The number of unbranched alkanes of at least 4 members (excludes halogenated alkanes) is 1. The summed E-state index contributed by atoms with van der Waals surface area (Å²) < 4.78 is 40.3. The van der Waals surface area contributed by atoms with Crippen LogP contribution >= 0.6 is 0 Å². The monoisotopic (exact) mass is 241 g/mol. The largest absolute Gasteiger partial charge is 0.389 e. The lowest BCUT2D eigenvalue weighted by molar-refractivity contribution is -0.139. The van der Waals surface area contributed by atoms with E-state index >= 15 is 0 Å². The second-order valence-electron chi connectivity index (χ2n) is 4.04. The first-order valence-electron chi connectivity index (χ1n) is 5.09. The Bertz CT molecular complexity index is 227. The molecule has 0 heterocycles. The van der Waals surface area contributed by atoms with Gasteiger partial charge in [-0.25, -0.2) is 0 Å². The second-order valence-corrected chi connectivity index (χ2v) is 4.04. The molecule has 0 aliphatic carbocycles. The third kappa shape index (κ3) is 6.66. The highest BCUT2D eigenvalue weighted by Crippen LogP contribution is 2.21. The fourth-order valence-corrected chi connectivity index (χ4v) is 0.958. The first-order valence-corrected chi connectivity index (χ1v) is 5.09. The third-order valence-corrected chi connectivity index (χ3v) is 2.23. The Balaban J connectivity index is 3.64. The summed E-state index contributed by atoms with van der Waals surface area (Å²) in [6, 6.07) is 0. The topological polar surface area (TPSA) is 38.3 Å². The van der Waals surface area contributed by atoms with Crippen LogP contribution in [-0.4, -0.2) is 31.3 Å². The number of hydrogen-bond acceptors (Lipinski definition) is 2. The molecule has 0 saturated carbocycles. The second kappa shape index (κ2) is 6.08. The molecule has 0 radical (unpaired) electrons. The van der Waals surface area contributed by atoms with Crippen LogP contribution in [0.15, 0.2) is 0 Å². The van der Waals surface area contributed by atoms with E-state index in [1.54, 1.807) is 13.8 Å². The first kappa shape index (κ1) is 15.2. The molecular formula is C10H18F3NO2. The van der Waals surface area contributed by atoms with Crippen LogP contribution in [0.2, 0.25) is 0 Å². The molecule has 0 aliphatic heterocycles. The van der Waals surface area contributed by atoms with Crippen LogP contribution in [0, 0.1) is 0 Å². The van der Waals surface area contributed by atoms with Crippen LogP contribution in [-0.2, 0) is 9.53 Å². The Morgan fingerprint density at radius 3 is 2.25 bits per heavy atom. The summed E-state index contributed by atoms with van der Waals surface area (Å²) in [7, 11) is 1.41. The van der Waals surface area contributed by atoms with Crippen molar-refractivity contribution in [1.29, 1.82) is 0 Å². The van der Waals surface area contributed by atoms with Gasteiger partial charge in [0, 0.05) is 20.1 Å². The summed E-state index contributed by atoms with van der Waals surface area (Å²) in [5, 5.41) is 2.53. The Hall–Kier alpha value is -0.780. The van der Waals surface area contributed by atoms with Crippen LogP contribution in [0.25, 0.3) is 0 Å². The Morgan fingerprint density at radius 1 is 1.25 bits per heavy atom. The molecule has 3 nitrogen and oxygen atoms in total. The standard InChI is InChI=1S/C10H18F3NO2/c1-9(2,16-3)8(15)14-7-5-4-6-10(11,12)13/h4-7H2,1-3H3,(H,14,15). The quantitative estimate of drug-likeness (QED) is 0.724. The van der Waals surface area contributed by atoms with Gasteiger partial charge in [0.2, 0.25) is 0 Å². The minimum atomic E-state index is -4.12. The van der Waals surface area contributed by atoms with Crippen LogP contribution < -0.4 is 5.32 Å². The number of carbonyl (C=O) groups is 1. The molecule has 0 aromatic heterocycles. The van der Waals surface area contributed by atoms with Gasteiger partial charge >= 0.3 is 6.18 Å². The van der Waals surface area contributed by atoms with Crippen molar-refractivity contribution in [3.05, 3.63) is 0 Å². The molecule has 1 amide bonds. The molecule has 0 unspecified atom stereocenters. The van der Waals surface area contributed by atoms with Crippen LogP contribution in [0.4, 0.5) is 13.2 Å². The molecule has 0 fully saturated rings. The zero-order valence-corrected chi connectivity index (χ0v) is 9.78. The molecule has 6 heteroatoms. The van der Waals surface area contributed by atoms with E-state index in [1.807, 2.05) is 0 Å². The predicted molar refractivity (Wildman–Crippen MR) is 54.0 cm³/mol. The summed E-state index contributed by atoms with van der Waals surface area (Å²) in [5.41, 5.74) is -0.940. The van der Waals surface area contributed by atoms with E-state index in [1.165, 1.54) is 7.11 Å². The lowest BCUT2D eigenvalue weighted by Crippen LogP contribution is -2.43. The number of rotatable bonds is 6. The van der Waals surface area contributed by atoms with Crippen molar-refractivity contribution in [2.24, 2.45) is 0 Å². The van der Waals surface area contributed by atoms with E-state index in [0.29, 0.717) is 6.42 Å². The van der Waals surface area contributed by atoms with Gasteiger partial charge in [-0.05, 0) is 26.7 Å². The van der Waals surface area contributed by atoms with Gasteiger partial charge < -0.3 is 10.1 Å². The number of alkyl halides is 3. The number of ether oxygens (including phenoxy) is 1. The maximum absolute atomic E-state index is 11.8. The molecular weight excluding hydrogens is 223 g/mol. The predicted octanol–water partition coefficient (Wildman–Crippen LogP) is 2.26. The van der Waals surface area contributed by atoms with E-state index in [4.69, 9.17) is 4.74 Å².